The molecule has 0 aliphatic rings. The summed E-state index contributed by atoms with van der Waals surface area (Å²) in [6.45, 7) is 0. The van der Waals surface area contributed by atoms with E-state index < -0.39 is 0 Å². The van der Waals surface area contributed by atoms with Gasteiger partial charge in [0, 0.05) is 21.9 Å². The number of fused-ring (bicyclic) bond motifs is 2. The van der Waals surface area contributed by atoms with Crippen molar-refractivity contribution in [2.24, 2.45) is 0 Å². The predicted octanol–water partition coefficient (Wildman–Crippen LogP) is 8.85. The molecule has 0 bridgehead atoms. The van der Waals surface area contributed by atoms with Gasteiger partial charge in [0.25, 0.3) is 0 Å². The van der Waals surface area contributed by atoms with Crippen molar-refractivity contribution in [1.29, 1.82) is 0 Å². The van der Waals surface area contributed by atoms with E-state index >= 15 is 0 Å². The van der Waals surface area contributed by atoms with E-state index in [0.29, 0.717) is 0 Å². The number of rotatable bonds is 6. The highest BCUT2D eigenvalue weighted by molar-refractivity contribution is 8.17. The molecule has 37 heavy (non-hydrogen) atoms. The van der Waals surface area contributed by atoms with Crippen molar-refractivity contribution in [1.82, 2.24) is 0 Å². The fourth-order valence-electron chi connectivity index (χ4n) is 4.75. The van der Waals surface area contributed by atoms with Crippen molar-refractivity contribution < 1.29 is 19.0 Å². The van der Waals surface area contributed by atoms with Crippen LogP contribution in [0.3, 0.4) is 0 Å². The first-order chi connectivity index (χ1) is 18.0. The molecule has 0 atom stereocenters. The Morgan fingerprint density at radius 2 is 0.946 bits per heavy atom. The van der Waals surface area contributed by atoms with Gasteiger partial charge in [-0.05, 0) is 109 Å². The average Bonchev–Trinajstić information content (AvgIpc) is 3.54. The zero-order valence-corrected chi connectivity index (χ0v) is 21.9. The molecule has 2 heterocycles. The normalized spacial score (nSPS) is 11.9. The summed E-state index contributed by atoms with van der Waals surface area (Å²) < 4.78 is 11.9. The Balaban J connectivity index is 1.41. The van der Waals surface area contributed by atoms with Gasteiger partial charge < -0.3 is 19.0 Å². The van der Waals surface area contributed by atoms with Gasteiger partial charge in [-0.3, -0.25) is 0 Å². The summed E-state index contributed by atoms with van der Waals surface area (Å²) in [5.41, 5.74) is 5.86. The molecular weight excluding hydrogens is 500 g/mol. The smallest absolute Gasteiger partial charge is 0.135 e. The van der Waals surface area contributed by atoms with E-state index in [-0.39, 0.29) is 15.6 Å². The third-order valence-corrected chi connectivity index (χ3v) is 9.76. The molecule has 0 aliphatic heterocycles. The van der Waals surface area contributed by atoms with Gasteiger partial charge in [-0.15, -0.1) is 23.5 Å². The molecule has 6 aromatic rings. The Labute approximate surface area is 222 Å². The summed E-state index contributed by atoms with van der Waals surface area (Å²) in [5.74, 6) is 2.01. The molecule has 6 rings (SSSR count). The van der Waals surface area contributed by atoms with E-state index in [2.05, 4.69) is 48.9 Å². The fourth-order valence-corrected chi connectivity index (χ4v) is 6.87. The first-order valence-electron chi connectivity index (χ1n) is 11.8. The number of phenolic OH excluding ortho intramolecular Hbond substituents is 2. The highest BCUT2D eigenvalue weighted by Gasteiger charge is 2.33. The standard InChI is InChI=1S/C31H24O4S2/c1-36-31(37-2,23-7-13-27-21(15-23)17-29(34-27)19-3-9-25(32)10-4-19)24-8-14-28-22(16-24)18-30(35-28)20-5-11-26(33)12-6-20/h3-18,32-33H,1-2H3. The van der Waals surface area contributed by atoms with E-state index in [1.807, 2.05) is 36.4 Å². The highest BCUT2D eigenvalue weighted by atomic mass is 32.2. The molecular formula is C31H24O4S2. The van der Waals surface area contributed by atoms with Gasteiger partial charge in [0.15, 0.2) is 0 Å². The molecule has 0 saturated carbocycles. The molecule has 0 unspecified atom stereocenters. The number of furan rings is 2. The second-order valence-electron chi connectivity index (χ2n) is 8.85. The number of benzene rings is 4. The van der Waals surface area contributed by atoms with Gasteiger partial charge in [-0.25, -0.2) is 0 Å². The van der Waals surface area contributed by atoms with Crippen LogP contribution in [0.15, 0.2) is 106 Å². The predicted molar refractivity (Wildman–Crippen MR) is 154 cm³/mol. The Morgan fingerprint density at radius 3 is 1.32 bits per heavy atom. The van der Waals surface area contributed by atoms with Crippen molar-refractivity contribution in [3.63, 3.8) is 0 Å². The second-order valence-corrected chi connectivity index (χ2v) is 11.1. The lowest BCUT2D eigenvalue weighted by Crippen LogP contribution is -2.18. The Kier molecular flexibility index (Phi) is 5.94. The first kappa shape index (κ1) is 23.6. The van der Waals surface area contributed by atoms with Crippen LogP contribution in [0.1, 0.15) is 11.1 Å². The van der Waals surface area contributed by atoms with Gasteiger partial charge in [0.2, 0.25) is 0 Å². The molecule has 0 amide bonds. The minimum atomic E-state index is -0.325. The molecule has 0 radical (unpaired) electrons. The Morgan fingerprint density at radius 1 is 0.541 bits per heavy atom. The average molecular weight is 525 g/mol. The van der Waals surface area contributed by atoms with E-state index in [1.54, 1.807) is 47.8 Å². The van der Waals surface area contributed by atoms with Gasteiger partial charge in [0.1, 0.15) is 38.3 Å². The molecule has 184 valence electrons. The van der Waals surface area contributed by atoms with Crippen molar-refractivity contribution in [2.75, 3.05) is 12.5 Å². The number of hydrogen-bond acceptors (Lipinski definition) is 6. The topological polar surface area (TPSA) is 66.7 Å². The van der Waals surface area contributed by atoms with Gasteiger partial charge in [-0.2, -0.15) is 0 Å². The van der Waals surface area contributed by atoms with E-state index in [0.717, 1.165) is 44.6 Å². The summed E-state index contributed by atoms with van der Waals surface area (Å²) in [6, 6.07) is 31.0. The molecule has 0 spiro atoms. The lowest BCUT2D eigenvalue weighted by molar-refractivity contribution is 0.475. The third-order valence-electron chi connectivity index (χ3n) is 6.67. The lowest BCUT2D eigenvalue weighted by atomic mass is 10.0. The monoisotopic (exact) mass is 524 g/mol. The lowest BCUT2D eigenvalue weighted by Gasteiger charge is -2.31. The van der Waals surface area contributed by atoms with Crippen LogP contribution in [0, 0.1) is 0 Å². The maximum atomic E-state index is 9.62. The summed E-state index contributed by atoms with van der Waals surface area (Å²) in [6.07, 6.45) is 4.28. The SMILES string of the molecule is CSC(SC)(c1ccc2oc(-c3ccc(O)cc3)cc2c1)c1ccc2oc(-c3ccc(O)cc3)cc2c1. The van der Waals surface area contributed by atoms with Gasteiger partial charge in [0.05, 0.1) is 0 Å². The Bertz CT molecular complexity index is 1580. The molecule has 4 nitrogen and oxygen atoms in total. The van der Waals surface area contributed by atoms with E-state index in [4.69, 9.17) is 8.83 Å². The van der Waals surface area contributed by atoms with Crippen molar-refractivity contribution >= 4 is 45.5 Å². The van der Waals surface area contributed by atoms with Crippen LogP contribution in [0.2, 0.25) is 0 Å². The van der Waals surface area contributed by atoms with Crippen LogP contribution in [0.5, 0.6) is 11.5 Å². The second kappa shape index (κ2) is 9.29. The van der Waals surface area contributed by atoms with Gasteiger partial charge in [-0.1, -0.05) is 12.1 Å². The summed E-state index contributed by atoms with van der Waals surface area (Å²) in [5, 5.41) is 21.3. The summed E-state index contributed by atoms with van der Waals surface area (Å²) >= 11 is 3.59. The molecule has 0 fully saturated rings. The van der Waals surface area contributed by atoms with Crippen LogP contribution >= 0.6 is 23.5 Å². The first-order valence-corrected chi connectivity index (χ1v) is 14.2. The highest BCUT2D eigenvalue weighted by Crippen LogP contribution is 2.51. The minimum Gasteiger partial charge on any atom is -0.508 e. The maximum absolute atomic E-state index is 9.62. The zero-order valence-electron chi connectivity index (χ0n) is 20.3. The fraction of sp³-hybridized carbons (Fsp3) is 0.0968. The number of phenols is 2. The van der Waals surface area contributed by atoms with Crippen LogP contribution in [-0.2, 0) is 4.08 Å². The summed E-state index contributed by atoms with van der Waals surface area (Å²) in [7, 11) is 0. The van der Waals surface area contributed by atoms with E-state index in [9.17, 15) is 10.2 Å². The molecule has 0 aliphatic carbocycles. The molecule has 2 N–H and O–H groups in total. The number of aromatic hydroxyl groups is 2. The Hall–Kier alpha value is -3.74. The molecule has 6 heteroatoms. The van der Waals surface area contributed by atoms with Crippen LogP contribution in [0.4, 0.5) is 0 Å². The van der Waals surface area contributed by atoms with Crippen LogP contribution < -0.4 is 0 Å². The van der Waals surface area contributed by atoms with E-state index in [1.165, 1.54) is 11.1 Å². The molecule has 0 saturated heterocycles. The van der Waals surface area contributed by atoms with Crippen molar-refractivity contribution in [3.8, 4) is 34.1 Å². The van der Waals surface area contributed by atoms with Crippen LogP contribution in [0.25, 0.3) is 44.6 Å². The molecule has 4 aromatic carbocycles. The minimum absolute atomic E-state index is 0.233. The maximum Gasteiger partial charge on any atom is 0.135 e. The largest absolute Gasteiger partial charge is 0.508 e. The van der Waals surface area contributed by atoms with Gasteiger partial charge >= 0.3 is 0 Å². The third kappa shape index (κ3) is 4.16. The van der Waals surface area contributed by atoms with Crippen molar-refractivity contribution in [2.45, 2.75) is 4.08 Å². The summed E-state index contributed by atoms with van der Waals surface area (Å²) in [4.78, 5) is 0. The zero-order chi connectivity index (χ0) is 25.6. The van der Waals surface area contributed by atoms with Crippen molar-refractivity contribution in [3.05, 3.63) is 108 Å². The quantitative estimate of drug-likeness (QED) is 0.212. The number of hydrogen-bond donors (Lipinski definition) is 2. The van der Waals surface area contributed by atoms with Crippen LogP contribution in [-0.4, -0.2) is 22.7 Å². The molecule has 2 aromatic heterocycles. The number of thioether (sulfide) groups is 2.